The van der Waals surface area contributed by atoms with Crippen molar-refractivity contribution in [3.05, 3.63) is 247 Å². The molecule has 12 rings (SSSR count). The summed E-state index contributed by atoms with van der Waals surface area (Å²) in [6, 6.07) is 50.6. The summed E-state index contributed by atoms with van der Waals surface area (Å²) in [5.41, 5.74) is 24.4. The number of alkyl halides is 3. The van der Waals surface area contributed by atoms with Gasteiger partial charge in [0.05, 0.1) is 52.1 Å². The first kappa shape index (κ1) is 53.2. The van der Waals surface area contributed by atoms with E-state index in [9.17, 15) is 6.57 Å². The van der Waals surface area contributed by atoms with E-state index in [1.54, 1.807) is 12.1 Å². The Labute approximate surface area is 478 Å². The summed E-state index contributed by atoms with van der Waals surface area (Å²) in [6.07, 6.45) is -4.86. The van der Waals surface area contributed by atoms with E-state index >= 15 is 13.2 Å². The van der Waals surface area contributed by atoms with E-state index in [0.29, 0.717) is 16.7 Å². The topological polar surface area (TPSA) is 18.6 Å². The van der Waals surface area contributed by atoms with Gasteiger partial charge in [-0.1, -0.05) is 144 Å². The highest BCUT2D eigenvalue weighted by molar-refractivity contribution is 6.15. The monoisotopic (exact) mass is 1070 g/mol. The van der Waals surface area contributed by atoms with E-state index in [2.05, 4.69) is 219 Å². The van der Waals surface area contributed by atoms with Crippen molar-refractivity contribution in [2.45, 2.75) is 89.3 Å². The van der Waals surface area contributed by atoms with Crippen LogP contribution < -0.4 is 0 Å². The molecule has 2 aromatic heterocycles. The van der Waals surface area contributed by atoms with Crippen LogP contribution in [-0.4, -0.2) is 9.13 Å². The molecule has 0 radical (unpaired) electrons. The minimum absolute atomic E-state index is 0.118. The van der Waals surface area contributed by atoms with Gasteiger partial charge in [-0.05, 0) is 208 Å². The molecule has 0 bridgehead atoms. The van der Waals surface area contributed by atoms with E-state index in [0.717, 1.165) is 139 Å². The number of nitrogens with zero attached hydrogens (tertiary/aromatic N) is 4. The van der Waals surface area contributed by atoms with Gasteiger partial charge in [0.25, 0.3) is 0 Å². The average molecular weight is 1080 g/mol. The number of rotatable bonds is 7. The molecule has 0 aliphatic carbocycles. The highest BCUT2D eigenvalue weighted by atomic mass is 19.4. The van der Waals surface area contributed by atoms with Crippen LogP contribution in [-0.2, 0) is 6.18 Å². The zero-order valence-electron chi connectivity index (χ0n) is 48.4. The molecule has 0 spiro atoms. The van der Waals surface area contributed by atoms with Gasteiger partial charge in [-0.3, -0.25) is 0 Å². The summed E-state index contributed by atoms with van der Waals surface area (Å²) in [4.78, 5) is 8.38. The van der Waals surface area contributed by atoms with Gasteiger partial charge in [-0.2, -0.15) is 13.2 Å². The molecule has 0 saturated carbocycles. The molecular formula is C75H61F3N4. The van der Waals surface area contributed by atoms with Crippen molar-refractivity contribution in [3.8, 4) is 67.0 Å². The summed E-state index contributed by atoms with van der Waals surface area (Å²) >= 11 is 0. The van der Waals surface area contributed by atoms with E-state index in [1.807, 2.05) is 4.57 Å². The molecule has 0 atom stereocenters. The third-order valence-corrected chi connectivity index (χ3v) is 16.8. The lowest BCUT2D eigenvalue weighted by molar-refractivity contribution is -0.137. The number of aromatic nitrogens is 2. The molecule has 0 aliphatic rings. The molecule has 82 heavy (non-hydrogen) atoms. The maximum Gasteiger partial charge on any atom is 0.415 e. The lowest BCUT2D eigenvalue weighted by atomic mass is 9.92. The lowest BCUT2D eigenvalue weighted by Crippen LogP contribution is -2.09. The van der Waals surface area contributed by atoms with Crippen molar-refractivity contribution >= 4 is 55.0 Å². The van der Waals surface area contributed by atoms with Gasteiger partial charge in [-0.15, -0.1) is 0 Å². The summed E-state index contributed by atoms with van der Waals surface area (Å²) in [7, 11) is 0. The first-order valence-electron chi connectivity index (χ1n) is 27.8. The fourth-order valence-corrected chi connectivity index (χ4v) is 14.1. The highest BCUT2D eigenvalue weighted by Crippen LogP contribution is 2.52. The molecule has 2 heterocycles. The summed E-state index contributed by atoms with van der Waals surface area (Å²) in [5.74, 6) is 0. The predicted molar refractivity (Wildman–Crippen MR) is 337 cm³/mol. The van der Waals surface area contributed by atoms with E-state index in [1.165, 1.54) is 23.3 Å². The standard InChI is InChI=1S/C75H61F3N4/c1-40-28-44(5)68(45(6)29-40)52-18-22-56-57-23-19-53(69-46(7)30-41(2)31-47(69)8)37-65(57)81(64(56)36-52)63-27-26-60(72-61(75(76,77)78)16-15-17-62(72)79-13)74(73(63)80-14)82-66-38-54(70-48(9)32-42(3)33-49(70)10)20-24-58(66)59-25-21-55(39-67(59)82)71-50(11)34-43(4)35-51(71)12/h15-39H,1-12H3. The predicted octanol–water partition coefficient (Wildman–Crippen LogP) is 22.0. The quantitative estimate of drug-likeness (QED) is 0.142. The van der Waals surface area contributed by atoms with Crippen LogP contribution in [0.15, 0.2) is 152 Å². The smallest absolute Gasteiger partial charge is 0.319 e. The van der Waals surface area contributed by atoms with Gasteiger partial charge in [0.15, 0.2) is 5.69 Å². The van der Waals surface area contributed by atoms with Crippen LogP contribution in [0, 0.1) is 96.2 Å². The molecule has 0 unspecified atom stereocenters. The molecule has 7 heteroatoms. The molecular weight excluding hydrogens is 1010 g/mol. The van der Waals surface area contributed by atoms with Crippen molar-refractivity contribution in [2.75, 3.05) is 0 Å². The Morgan fingerprint density at radius 2 is 0.683 bits per heavy atom. The van der Waals surface area contributed by atoms with Crippen molar-refractivity contribution in [2.24, 2.45) is 0 Å². The number of hydrogen-bond donors (Lipinski definition) is 0. The zero-order valence-corrected chi connectivity index (χ0v) is 48.4. The normalized spacial score (nSPS) is 11.8. The van der Waals surface area contributed by atoms with Crippen LogP contribution in [0.4, 0.5) is 24.5 Å². The van der Waals surface area contributed by atoms with E-state index in [4.69, 9.17) is 6.57 Å². The first-order valence-corrected chi connectivity index (χ1v) is 27.8. The van der Waals surface area contributed by atoms with Gasteiger partial charge in [-0.25, -0.2) is 9.69 Å². The van der Waals surface area contributed by atoms with Gasteiger partial charge in [0.1, 0.15) is 0 Å². The Bertz CT molecular complexity index is 4510. The zero-order chi connectivity index (χ0) is 58.0. The van der Waals surface area contributed by atoms with Gasteiger partial charge in [0.2, 0.25) is 5.69 Å². The fraction of sp³-hybridized carbons (Fsp3) is 0.173. The largest absolute Gasteiger partial charge is 0.415 e. The second-order valence-electron chi connectivity index (χ2n) is 22.9. The molecule has 0 amide bonds. The van der Waals surface area contributed by atoms with Crippen molar-refractivity contribution in [3.63, 3.8) is 0 Å². The molecule has 4 nitrogen and oxygen atoms in total. The number of hydrogen-bond acceptors (Lipinski definition) is 0. The molecule has 12 aromatic rings. The number of aryl methyl sites for hydroxylation is 12. The van der Waals surface area contributed by atoms with Gasteiger partial charge >= 0.3 is 6.18 Å². The number of halogens is 3. The van der Waals surface area contributed by atoms with Crippen LogP contribution in [0.1, 0.15) is 72.3 Å². The molecule has 0 N–H and O–H groups in total. The van der Waals surface area contributed by atoms with Crippen molar-refractivity contribution < 1.29 is 13.2 Å². The SMILES string of the molecule is [C-]#[N+]c1cccc(C(F)(F)F)c1-c1ccc(-n2c3cc(-c4c(C)cc(C)cc4C)ccc3c3ccc(-c4c(C)cc(C)cc4C)cc32)c([N+]#[C-])c1-n1c2cc(-c3c(C)cc(C)cc3C)ccc2c2ccc(-c3c(C)cc(C)cc3C)cc21. The van der Waals surface area contributed by atoms with Gasteiger partial charge < -0.3 is 9.13 Å². The Balaban J connectivity index is 1.30. The second-order valence-corrected chi connectivity index (χ2v) is 22.9. The lowest BCUT2D eigenvalue weighted by Gasteiger charge is -2.23. The van der Waals surface area contributed by atoms with Crippen molar-refractivity contribution in [1.29, 1.82) is 0 Å². The summed E-state index contributed by atoms with van der Waals surface area (Å²) < 4.78 is 51.9. The Hall–Kier alpha value is -9.43. The van der Waals surface area contributed by atoms with Crippen LogP contribution in [0.25, 0.3) is 120 Å². The first-order chi connectivity index (χ1) is 39.1. The Morgan fingerprint density at radius 3 is 0.988 bits per heavy atom. The Morgan fingerprint density at radius 1 is 0.354 bits per heavy atom. The number of fused-ring (bicyclic) bond motifs is 6. The fourth-order valence-electron chi connectivity index (χ4n) is 14.1. The van der Waals surface area contributed by atoms with Gasteiger partial charge in [0, 0.05) is 27.1 Å². The molecule has 10 aromatic carbocycles. The highest BCUT2D eigenvalue weighted by Gasteiger charge is 2.37. The third-order valence-electron chi connectivity index (χ3n) is 16.8. The maximum absolute atomic E-state index is 15.9. The van der Waals surface area contributed by atoms with Crippen LogP contribution in [0.5, 0.6) is 0 Å². The van der Waals surface area contributed by atoms with Crippen LogP contribution >= 0.6 is 0 Å². The molecule has 402 valence electrons. The number of benzene rings is 10. The van der Waals surface area contributed by atoms with Crippen molar-refractivity contribution in [1.82, 2.24) is 9.13 Å². The average Bonchev–Trinajstić information content (AvgIpc) is 1.77. The molecule has 0 saturated heterocycles. The minimum atomic E-state index is -4.86. The van der Waals surface area contributed by atoms with Crippen LogP contribution in [0.2, 0.25) is 0 Å². The second kappa shape index (κ2) is 19.7. The maximum atomic E-state index is 15.9. The van der Waals surface area contributed by atoms with Crippen LogP contribution in [0.3, 0.4) is 0 Å². The Kier molecular flexibility index (Phi) is 12.8. The van der Waals surface area contributed by atoms with E-state index < -0.39 is 11.7 Å². The summed E-state index contributed by atoms with van der Waals surface area (Å²) in [6.45, 7) is 43.5. The molecule has 0 fully saturated rings. The minimum Gasteiger partial charge on any atom is -0.319 e. The van der Waals surface area contributed by atoms with E-state index in [-0.39, 0.29) is 28.2 Å². The third kappa shape index (κ3) is 8.58. The molecule has 0 aliphatic heterocycles. The summed E-state index contributed by atoms with van der Waals surface area (Å²) in [5, 5.41) is 3.66.